The summed E-state index contributed by atoms with van der Waals surface area (Å²) in [7, 11) is 0. The highest BCUT2D eigenvalue weighted by Crippen LogP contribution is 2.27. The molecule has 29 heavy (non-hydrogen) atoms. The molecule has 0 fully saturated rings. The normalized spacial score (nSPS) is 12.1. The molecule has 0 aliphatic rings. The monoisotopic (exact) mass is 470 g/mol. The Morgan fingerprint density at radius 1 is 1.14 bits per heavy atom. The van der Waals surface area contributed by atoms with Crippen LogP contribution in [0, 0.1) is 0 Å². The zero-order valence-electron chi connectivity index (χ0n) is 15.3. The fraction of sp³-hybridized carbons (Fsp3) is 0.100. The number of halogens is 2. The number of para-hydroxylation sites is 1. The lowest BCUT2D eigenvalue weighted by molar-refractivity contribution is 0.730. The van der Waals surface area contributed by atoms with Crippen molar-refractivity contribution in [1.29, 1.82) is 0 Å². The van der Waals surface area contributed by atoms with Gasteiger partial charge in [-0.3, -0.25) is 9.36 Å². The first-order valence-electron chi connectivity index (χ1n) is 8.77. The number of nitrogen functional groups attached to an aromatic ring is 1. The maximum atomic E-state index is 13.4. The molecule has 0 saturated heterocycles. The van der Waals surface area contributed by atoms with E-state index in [0.717, 1.165) is 0 Å². The van der Waals surface area contributed by atoms with Gasteiger partial charge in [0.05, 0.1) is 32.1 Å². The molecule has 0 aliphatic carbocycles. The van der Waals surface area contributed by atoms with Crippen molar-refractivity contribution < 1.29 is 0 Å². The molecule has 0 unspecified atom stereocenters. The quantitative estimate of drug-likeness (QED) is 0.459. The topological polar surface area (TPSA) is 98.7 Å². The Labute approximate surface area is 179 Å². The van der Waals surface area contributed by atoms with Crippen molar-refractivity contribution in [2.24, 2.45) is 0 Å². The molecule has 4 aromatic rings. The van der Waals surface area contributed by atoms with Crippen molar-refractivity contribution in [3.05, 3.63) is 80.4 Å². The standard InChI is InChI=1S/C20H16BrClN6O/c1-11(25-17-13(21)10-24-20(23)27-17)18-26-15-9-5-8-14(22)16(15)19(29)28(18)12-6-3-2-4-7-12/h2-11H,1H3,(H3,23,24,25,27)/t11-/m0/s1. The summed E-state index contributed by atoms with van der Waals surface area (Å²) in [5.41, 5.74) is 6.69. The molecule has 9 heteroatoms. The summed E-state index contributed by atoms with van der Waals surface area (Å²) in [6, 6.07) is 14.2. The van der Waals surface area contributed by atoms with Gasteiger partial charge in [-0.25, -0.2) is 9.97 Å². The first kappa shape index (κ1) is 19.4. The van der Waals surface area contributed by atoms with E-state index in [2.05, 4.69) is 31.2 Å². The Kier molecular flexibility index (Phi) is 5.21. The average molecular weight is 472 g/mol. The first-order chi connectivity index (χ1) is 14.0. The van der Waals surface area contributed by atoms with E-state index in [9.17, 15) is 4.79 Å². The molecule has 2 aromatic heterocycles. The van der Waals surface area contributed by atoms with Crippen molar-refractivity contribution in [3.63, 3.8) is 0 Å². The Hall–Kier alpha value is -2.97. The molecule has 2 aromatic carbocycles. The highest BCUT2D eigenvalue weighted by atomic mass is 79.9. The van der Waals surface area contributed by atoms with Crippen LogP contribution in [0.1, 0.15) is 18.8 Å². The number of aromatic nitrogens is 4. The van der Waals surface area contributed by atoms with Crippen molar-refractivity contribution >= 4 is 50.2 Å². The second-order valence-corrected chi connectivity index (χ2v) is 7.63. The van der Waals surface area contributed by atoms with Crippen LogP contribution in [0.15, 0.2) is 64.0 Å². The number of anilines is 2. The summed E-state index contributed by atoms with van der Waals surface area (Å²) in [6.07, 6.45) is 1.56. The number of hydrogen-bond donors (Lipinski definition) is 2. The molecule has 0 aliphatic heterocycles. The van der Waals surface area contributed by atoms with Crippen molar-refractivity contribution in [3.8, 4) is 5.69 Å². The molecule has 3 N–H and O–H groups in total. The molecule has 4 rings (SSSR count). The van der Waals surface area contributed by atoms with Crippen molar-refractivity contribution in [1.82, 2.24) is 19.5 Å². The molecule has 0 spiro atoms. The Morgan fingerprint density at radius 2 is 1.90 bits per heavy atom. The van der Waals surface area contributed by atoms with Gasteiger partial charge < -0.3 is 11.1 Å². The van der Waals surface area contributed by atoms with Crippen LogP contribution in [0.4, 0.5) is 11.8 Å². The van der Waals surface area contributed by atoms with E-state index in [0.29, 0.717) is 37.7 Å². The number of hydrogen-bond acceptors (Lipinski definition) is 6. The van der Waals surface area contributed by atoms with Gasteiger partial charge >= 0.3 is 0 Å². The number of benzene rings is 2. The van der Waals surface area contributed by atoms with E-state index in [4.69, 9.17) is 22.3 Å². The van der Waals surface area contributed by atoms with E-state index in [-0.39, 0.29) is 17.5 Å². The highest BCUT2D eigenvalue weighted by Gasteiger charge is 2.20. The molecule has 0 saturated carbocycles. The van der Waals surface area contributed by atoms with Crippen LogP contribution in [0.2, 0.25) is 5.02 Å². The van der Waals surface area contributed by atoms with Crippen LogP contribution in [-0.4, -0.2) is 19.5 Å². The van der Waals surface area contributed by atoms with Gasteiger partial charge in [0, 0.05) is 6.20 Å². The van der Waals surface area contributed by atoms with Gasteiger partial charge in [-0.15, -0.1) is 0 Å². The lowest BCUT2D eigenvalue weighted by Crippen LogP contribution is -2.27. The number of nitrogens with one attached hydrogen (secondary N) is 1. The number of nitrogens with two attached hydrogens (primary N) is 1. The fourth-order valence-corrected chi connectivity index (χ4v) is 3.63. The summed E-state index contributed by atoms with van der Waals surface area (Å²) in [5, 5.41) is 3.99. The zero-order chi connectivity index (χ0) is 20.5. The van der Waals surface area contributed by atoms with Crippen molar-refractivity contribution in [2.75, 3.05) is 11.1 Å². The minimum absolute atomic E-state index is 0.140. The summed E-state index contributed by atoms with van der Waals surface area (Å²) in [6.45, 7) is 1.89. The summed E-state index contributed by atoms with van der Waals surface area (Å²) >= 11 is 9.72. The largest absolute Gasteiger partial charge is 0.368 e. The second kappa shape index (κ2) is 7.81. The zero-order valence-corrected chi connectivity index (χ0v) is 17.6. The number of nitrogens with zero attached hydrogens (tertiary/aromatic N) is 4. The number of rotatable bonds is 4. The maximum Gasteiger partial charge on any atom is 0.267 e. The lowest BCUT2D eigenvalue weighted by atomic mass is 10.2. The maximum absolute atomic E-state index is 13.4. The van der Waals surface area contributed by atoms with Gasteiger partial charge in [0.1, 0.15) is 11.6 Å². The fourth-order valence-electron chi connectivity index (χ4n) is 3.08. The molecule has 7 nitrogen and oxygen atoms in total. The molecule has 0 amide bonds. The average Bonchev–Trinajstić information content (AvgIpc) is 2.71. The van der Waals surface area contributed by atoms with Crippen LogP contribution < -0.4 is 16.6 Å². The van der Waals surface area contributed by atoms with Crippen LogP contribution in [0.5, 0.6) is 0 Å². The minimum Gasteiger partial charge on any atom is -0.368 e. The first-order valence-corrected chi connectivity index (χ1v) is 9.94. The van der Waals surface area contributed by atoms with Gasteiger partial charge in [-0.1, -0.05) is 35.9 Å². The molecule has 146 valence electrons. The third-order valence-corrected chi connectivity index (χ3v) is 5.29. The third kappa shape index (κ3) is 3.68. The van der Waals surface area contributed by atoms with Crippen LogP contribution in [0.25, 0.3) is 16.6 Å². The lowest BCUT2D eigenvalue weighted by Gasteiger charge is -2.20. The van der Waals surface area contributed by atoms with E-state index in [1.807, 2.05) is 37.3 Å². The second-order valence-electron chi connectivity index (χ2n) is 6.37. The van der Waals surface area contributed by atoms with Crippen LogP contribution >= 0.6 is 27.5 Å². The predicted molar refractivity (Wildman–Crippen MR) is 119 cm³/mol. The Bertz CT molecular complexity index is 1260. The molecule has 0 radical (unpaired) electrons. The van der Waals surface area contributed by atoms with Gasteiger partial charge in [-0.2, -0.15) is 4.98 Å². The van der Waals surface area contributed by atoms with Gasteiger partial charge in [-0.05, 0) is 47.1 Å². The Balaban J connectivity index is 1.93. The SMILES string of the molecule is C[C@H](Nc1nc(N)ncc1Br)c1nc2cccc(Cl)c2c(=O)n1-c1ccccc1. The smallest absolute Gasteiger partial charge is 0.267 e. The number of fused-ring (bicyclic) bond motifs is 1. The molecule has 2 heterocycles. The van der Waals surface area contributed by atoms with Gasteiger partial charge in [0.2, 0.25) is 5.95 Å². The molecular formula is C20H16BrClN6O. The van der Waals surface area contributed by atoms with Crippen LogP contribution in [0.3, 0.4) is 0 Å². The minimum atomic E-state index is -0.378. The van der Waals surface area contributed by atoms with E-state index in [1.165, 1.54) is 0 Å². The van der Waals surface area contributed by atoms with Gasteiger partial charge in [0.25, 0.3) is 5.56 Å². The highest BCUT2D eigenvalue weighted by molar-refractivity contribution is 9.10. The van der Waals surface area contributed by atoms with E-state index in [1.54, 1.807) is 29.0 Å². The van der Waals surface area contributed by atoms with E-state index < -0.39 is 0 Å². The van der Waals surface area contributed by atoms with Gasteiger partial charge in [0.15, 0.2) is 0 Å². The Morgan fingerprint density at radius 3 is 2.66 bits per heavy atom. The van der Waals surface area contributed by atoms with Crippen molar-refractivity contribution in [2.45, 2.75) is 13.0 Å². The summed E-state index contributed by atoms with van der Waals surface area (Å²) in [5.74, 6) is 1.16. The predicted octanol–water partition coefficient (Wildman–Crippen LogP) is 4.35. The molecule has 0 bridgehead atoms. The third-order valence-electron chi connectivity index (χ3n) is 4.39. The molecular weight excluding hydrogens is 456 g/mol. The summed E-state index contributed by atoms with van der Waals surface area (Å²) < 4.78 is 2.21. The van der Waals surface area contributed by atoms with Crippen LogP contribution in [-0.2, 0) is 0 Å². The summed E-state index contributed by atoms with van der Waals surface area (Å²) in [4.78, 5) is 26.3. The molecule has 1 atom stereocenters. The van der Waals surface area contributed by atoms with E-state index >= 15 is 0 Å².